The van der Waals surface area contributed by atoms with Gasteiger partial charge in [0.05, 0.1) is 5.60 Å². The molecule has 1 N–H and O–H groups in total. The predicted octanol–water partition coefficient (Wildman–Crippen LogP) is 2.53. The second-order valence-corrected chi connectivity index (χ2v) is 5.05. The van der Waals surface area contributed by atoms with E-state index in [1.54, 1.807) is 6.92 Å². The molecule has 14 heavy (non-hydrogen) atoms. The predicted molar refractivity (Wildman–Crippen MR) is 47.1 cm³/mol. The van der Waals surface area contributed by atoms with E-state index in [1.807, 2.05) is 0 Å². The van der Waals surface area contributed by atoms with Gasteiger partial charge in [-0.15, -0.1) is 0 Å². The molecule has 0 aromatic rings. The minimum Gasteiger partial charge on any atom is -0.388 e. The zero-order valence-electron chi connectivity index (χ0n) is 7.64. The molecule has 1 saturated heterocycles. The smallest absolute Gasteiger partial charge is 0.310 e. The molecule has 0 aromatic heterocycles. The fourth-order valence-corrected chi connectivity index (χ4v) is 2.82. The van der Waals surface area contributed by atoms with E-state index in [1.165, 1.54) is 11.8 Å². The lowest BCUT2D eigenvalue weighted by molar-refractivity contribution is -0.167. The maximum absolute atomic E-state index is 12.7. The van der Waals surface area contributed by atoms with Crippen LogP contribution in [-0.2, 0) is 0 Å². The third kappa shape index (κ3) is 2.34. The van der Waals surface area contributed by atoms with Gasteiger partial charge in [-0.1, -0.05) is 6.92 Å². The maximum Gasteiger partial charge on any atom is 0.310 e. The quantitative estimate of drug-likeness (QED) is 0.754. The van der Waals surface area contributed by atoms with Crippen molar-refractivity contribution in [3.05, 3.63) is 0 Å². The molecule has 6 heteroatoms. The van der Waals surface area contributed by atoms with Gasteiger partial charge in [-0.25, -0.2) is 17.6 Å². The number of alkyl halides is 4. The minimum absolute atomic E-state index is 0.154. The summed E-state index contributed by atoms with van der Waals surface area (Å²) in [5.74, 6) is -3.55. The van der Waals surface area contributed by atoms with E-state index < -0.39 is 29.6 Å². The third-order valence-electron chi connectivity index (χ3n) is 2.52. The van der Waals surface area contributed by atoms with E-state index in [0.29, 0.717) is 5.75 Å². The molecule has 1 aliphatic rings. The summed E-state index contributed by atoms with van der Waals surface area (Å²) in [6.45, 7) is 1.58. The summed E-state index contributed by atoms with van der Waals surface area (Å²) >= 11 is 1.33. The lowest BCUT2D eigenvalue weighted by atomic mass is 9.90. The van der Waals surface area contributed by atoms with Crippen LogP contribution in [0.5, 0.6) is 0 Å². The normalized spacial score (nSPS) is 34.1. The number of hydrogen-bond donors (Lipinski definition) is 1. The molecule has 2 atom stereocenters. The van der Waals surface area contributed by atoms with Crippen LogP contribution in [0.3, 0.4) is 0 Å². The number of rotatable bonds is 3. The topological polar surface area (TPSA) is 20.2 Å². The third-order valence-corrected chi connectivity index (χ3v) is 3.90. The number of halogens is 4. The molecule has 1 nitrogen and oxygen atoms in total. The molecule has 0 aromatic carbocycles. The summed E-state index contributed by atoms with van der Waals surface area (Å²) in [7, 11) is 0. The highest BCUT2D eigenvalue weighted by Crippen LogP contribution is 2.43. The Kier molecular flexibility index (Phi) is 3.36. The van der Waals surface area contributed by atoms with Crippen LogP contribution in [0, 0.1) is 0 Å². The van der Waals surface area contributed by atoms with Crippen LogP contribution in [0.1, 0.15) is 19.8 Å². The summed E-state index contributed by atoms with van der Waals surface area (Å²) in [5.41, 5.74) is -1.65. The number of thioether (sulfide) groups is 1. The van der Waals surface area contributed by atoms with Gasteiger partial charge >= 0.3 is 12.3 Å². The Balaban J connectivity index is 2.67. The Morgan fingerprint density at radius 3 is 2.50 bits per heavy atom. The van der Waals surface area contributed by atoms with Crippen LogP contribution >= 0.6 is 11.8 Å². The van der Waals surface area contributed by atoms with Gasteiger partial charge in [-0.3, -0.25) is 0 Å². The van der Waals surface area contributed by atoms with Gasteiger partial charge < -0.3 is 5.11 Å². The first-order valence-corrected chi connectivity index (χ1v) is 5.33. The molecule has 0 bridgehead atoms. The lowest BCUT2D eigenvalue weighted by Crippen LogP contribution is -2.43. The van der Waals surface area contributed by atoms with Gasteiger partial charge in [0.1, 0.15) is 0 Å². The van der Waals surface area contributed by atoms with E-state index in [-0.39, 0.29) is 6.42 Å². The van der Waals surface area contributed by atoms with Crippen molar-refractivity contribution in [1.82, 2.24) is 0 Å². The fraction of sp³-hybridized carbons (Fsp3) is 1.00. The van der Waals surface area contributed by atoms with Gasteiger partial charge in [0.2, 0.25) is 0 Å². The molecule has 1 heterocycles. The molecule has 0 spiro atoms. The molecule has 84 valence electrons. The van der Waals surface area contributed by atoms with Crippen molar-refractivity contribution in [2.45, 2.75) is 43.0 Å². The van der Waals surface area contributed by atoms with Crippen molar-refractivity contribution in [3.63, 3.8) is 0 Å². The zero-order valence-corrected chi connectivity index (χ0v) is 8.46. The average Bonchev–Trinajstić information content (AvgIpc) is 2.30. The van der Waals surface area contributed by atoms with Gasteiger partial charge in [0.15, 0.2) is 0 Å². The Morgan fingerprint density at radius 1 is 1.57 bits per heavy atom. The molecular formula is C8H12F4OS. The first-order chi connectivity index (χ1) is 6.28. The minimum atomic E-state index is -4.09. The molecule has 1 aliphatic heterocycles. The van der Waals surface area contributed by atoms with Crippen LogP contribution < -0.4 is 0 Å². The second-order valence-electron chi connectivity index (χ2n) is 3.61. The number of hydrogen-bond acceptors (Lipinski definition) is 2. The molecular weight excluding hydrogens is 220 g/mol. The monoisotopic (exact) mass is 232 g/mol. The van der Waals surface area contributed by atoms with Gasteiger partial charge in [-0.2, -0.15) is 11.8 Å². The highest BCUT2D eigenvalue weighted by Gasteiger charge is 2.51. The zero-order chi connectivity index (χ0) is 11.0. The number of aliphatic hydroxyl groups is 1. The molecule has 0 amide bonds. The van der Waals surface area contributed by atoms with Gasteiger partial charge in [0.25, 0.3) is 0 Å². The summed E-state index contributed by atoms with van der Waals surface area (Å²) in [5, 5.41) is 9.30. The average molecular weight is 232 g/mol. The Labute approximate surface area is 83.9 Å². The summed E-state index contributed by atoms with van der Waals surface area (Å²) in [6, 6.07) is 0. The molecule has 1 fully saturated rings. The summed E-state index contributed by atoms with van der Waals surface area (Å²) in [6.07, 6.45) is -4.70. The van der Waals surface area contributed by atoms with Gasteiger partial charge in [-0.05, 0) is 12.2 Å². The van der Waals surface area contributed by atoms with E-state index in [0.717, 1.165) is 0 Å². The Hall–Kier alpha value is 0.0300. The van der Waals surface area contributed by atoms with E-state index in [2.05, 4.69) is 0 Å². The fourth-order valence-electron chi connectivity index (χ4n) is 1.49. The van der Waals surface area contributed by atoms with Gasteiger partial charge in [0, 0.05) is 11.7 Å². The lowest BCUT2D eigenvalue weighted by Gasteiger charge is -2.30. The van der Waals surface area contributed by atoms with Crippen LogP contribution in [0.25, 0.3) is 0 Å². The maximum atomic E-state index is 12.7. The van der Waals surface area contributed by atoms with Crippen molar-refractivity contribution in [2.75, 3.05) is 5.75 Å². The van der Waals surface area contributed by atoms with Crippen molar-refractivity contribution in [3.8, 4) is 0 Å². The van der Waals surface area contributed by atoms with E-state index >= 15 is 0 Å². The molecule has 0 radical (unpaired) electrons. The summed E-state index contributed by atoms with van der Waals surface area (Å²) in [4.78, 5) is 0. The van der Waals surface area contributed by atoms with Crippen LogP contribution in [0.4, 0.5) is 17.6 Å². The first kappa shape index (κ1) is 12.1. The van der Waals surface area contributed by atoms with Crippen molar-refractivity contribution in [2.24, 2.45) is 0 Å². The van der Waals surface area contributed by atoms with E-state index in [9.17, 15) is 22.7 Å². The standard InChI is InChI=1S/C8H12F4OS/c1-5-7(13,2-3-14-5)4-8(11,12)6(9)10/h5-6,13H,2-4H2,1H3. The van der Waals surface area contributed by atoms with E-state index in [4.69, 9.17) is 0 Å². The highest BCUT2D eigenvalue weighted by atomic mass is 32.2. The summed E-state index contributed by atoms with van der Waals surface area (Å²) < 4.78 is 49.2. The molecule has 0 aliphatic carbocycles. The van der Waals surface area contributed by atoms with Crippen molar-refractivity contribution >= 4 is 11.8 Å². The van der Waals surface area contributed by atoms with Crippen molar-refractivity contribution in [1.29, 1.82) is 0 Å². The Morgan fingerprint density at radius 2 is 2.14 bits per heavy atom. The van der Waals surface area contributed by atoms with Crippen LogP contribution in [0.15, 0.2) is 0 Å². The van der Waals surface area contributed by atoms with Crippen LogP contribution in [0.2, 0.25) is 0 Å². The molecule has 2 unspecified atom stereocenters. The first-order valence-electron chi connectivity index (χ1n) is 4.28. The highest BCUT2D eigenvalue weighted by molar-refractivity contribution is 8.00. The SMILES string of the molecule is CC1SCCC1(O)CC(F)(F)C(F)F. The van der Waals surface area contributed by atoms with Crippen LogP contribution in [-0.4, -0.2) is 34.1 Å². The molecule has 0 saturated carbocycles. The largest absolute Gasteiger partial charge is 0.388 e. The van der Waals surface area contributed by atoms with Crippen molar-refractivity contribution < 1.29 is 22.7 Å². The molecule has 1 rings (SSSR count). The Bertz CT molecular complexity index is 212. The second kappa shape index (κ2) is 3.89.